The van der Waals surface area contributed by atoms with Crippen molar-refractivity contribution in [2.24, 2.45) is 0 Å². The van der Waals surface area contributed by atoms with Gasteiger partial charge >= 0.3 is 0 Å². The molecule has 0 unspecified atom stereocenters. The Balaban J connectivity index is 0.00000217. The van der Waals surface area contributed by atoms with Crippen LogP contribution < -0.4 is 16.0 Å². The van der Waals surface area contributed by atoms with Crippen LogP contribution in [-0.4, -0.2) is 85.8 Å². The van der Waals surface area contributed by atoms with Crippen LogP contribution in [-0.2, 0) is 0 Å². The molecule has 0 spiro atoms. The number of hydrogen-bond acceptors (Lipinski definition) is 7. The summed E-state index contributed by atoms with van der Waals surface area (Å²) in [6.45, 7) is 5.98. The zero-order valence-electron chi connectivity index (χ0n) is 27.4. The molecule has 2 aliphatic heterocycles. The van der Waals surface area contributed by atoms with E-state index < -0.39 is 0 Å². The van der Waals surface area contributed by atoms with Crippen molar-refractivity contribution < 1.29 is 19.2 Å². The number of carbonyl (C=O) groups excluding carboxylic acids is 4. The summed E-state index contributed by atoms with van der Waals surface area (Å²) in [6, 6.07) is 22.4. The smallest absolute Gasteiger partial charge is 0.261 e. The Bertz CT molecular complexity index is 1560. The molecule has 4 amide bonds. The molecule has 9 nitrogen and oxygen atoms in total. The first-order valence-corrected chi connectivity index (χ1v) is 16.4. The first-order valence-electron chi connectivity index (χ1n) is 16.4. The highest BCUT2D eigenvalue weighted by Crippen LogP contribution is 2.31. The van der Waals surface area contributed by atoms with E-state index in [-0.39, 0.29) is 74.6 Å². The highest BCUT2D eigenvalue weighted by Gasteiger charge is 2.33. The monoisotopic (exact) mass is 859 g/mol. The molecule has 12 heteroatoms. The maximum Gasteiger partial charge on any atom is 0.261 e. The maximum atomic E-state index is 13.0. The predicted molar refractivity (Wildman–Crippen MR) is 211 cm³/mol. The summed E-state index contributed by atoms with van der Waals surface area (Å²) in [5, 5.41) is 13.7. The van der Waals surface area contributed by atoms with E-state index in [9.17, 15) is 19.2 Å². The van der Waals surface area contributed by atoms with Gasteiger partial charge in [0.05, 0.1) is 0 Å². The second kappa shape index (κ2) is 19.4. The molecular formula is C37H44Br3N5O4. The van der Waals surface area contributed by atoms with Crippen molar-refractivity contribution in [2.75, 3.05) is 52.4 Å². The second-order valence-corrected chi connectivity index (χ2v) is 12.0. The molecule has 0 saturated heterocycles. The Hall–Kier alpha value is -3.00. The number of hydrogen-bond donors (Lipinski definition) is 3. The van der Waals surface area contributed by atoms with Gasteiger partial charge in [0.15, 0.2) is 0 Å². The van der Waals surface area contributed by atoms with Gasteiger partial charge in [-0.15, -0.1) is 50.9 Å². The lowest BCUT2D eigenvalue weighted by molar-refractivity contribution is 0.0593. The minimum absolute atomic E-state index is 0. The molecule has 49 heavy (non-hydrogen) atoms. The number of halogens is 3. The number of rotatable bonds is 17. The first-order chi connectivity index (χ1) is 22.6. The van der Waals surface area contributed by atoms with Crippen molar-refractivity contribution in [3.63, 3.8) is 0 Å². The first kappa shape index (κ1) is 40.4. The molecule has 2 heterocycles. The molecule has 3 N–H and O–H groups in total. The lowest BCUT2D eigenvalue weighted by atomic mass is 9.94. The summed E-state index contributed by atoms with van der Waals surface area (Å²) >= 11 is 0. The van der Waals surface area contributed by atoms with Crippen LogP contribution in [0.25, 0.3) is 21.5 Å². The highest BCUT2D eigenvalue weighted by molar-refractivity contribution is 8.93. The van der Waals surface area contributed by atoms with Gasteiger partial charge in [-0.25, -0.2) is 0 Å². The van der Waals surface area contributed by atoms with Gasteiger partial charge in [-0.05, 0) is 106 Å². The van der Waals surface area contributed by atoms with Crippen LogP contribution >= 0.6 is 50.9 Å². The normalized spacial score (nSPS) is 13.4. The second-order valence-electron chi connectivity index (χ2n) is 12.0. The molecule has 0 atom stereocenters. The van der Waals surface area contributed by atoms with Crippen molar-refractivity contribution in [1.29, 1.82) is 0 Å². The van der Waals surface area contributed by atoms with Crippen molar-refractivity contribution >= 4 is 96.1 Å². The van der Waals surface area contributed by atoms with Crippen LogP contribution in [0.2, 0.25) is 0 Å². The van der Waals surface area contributed by atoms with E-state index >= 15 is 0 Å². The zero-order valence-corrected chi connectivity index (χ0v) is 32.5. The fourth-order valence-electron chi connectivity index (χ4n) is 6.50. The lowest BCUT2D eigenvalue weighted by Crippen LogP contribution is -2.41. The average Bonchev–Trinajstić information content (AvgIpc) is 3.08. The summed E-state index contributed by atoms with van der Waals surface area (Å²) in [6.07, 6.45) is 4.55. The van der Waals surface area contributed by atoms with Gasteiger partial charge < -0.3 is 16.0 Å². The van der Waals surface area contributed by atoms with E-state index in [1.807, 2.05) is 60.7 Å². The number of nitrogens with one attached hydrogen (secondary N) is 3. The van der Waals surface area contributed by atoms with E-state index in [2.05, 4.69) is 16.0 Å². The molecule has 4 aromatic rings. The molecule has 0 aliphatic carbocycles. The standard InChI is InChI=1S/C37H41N5O4.3BrH/c43-34-28-14-3-10-26-11-4-15-29(32(26)28)35(44)41(34)24-8-22-39-19-2-1-18-38-20-7-21-40-23-9-25-42-36(45)30-16-5-12-27-13-6-17-31(33(27)30)37(42)46;;;/h3-6,10-17,38-40H,1-2,7-9,18-25H2;3*1H. The fraction of sp³-hybridized carbons (Fsp3) is 0.351. The lowest BCUT2D eigenvalue weighted by Gasteiger charge is -2.27. The zero-order chi connectivity index (χ0) is 31.9. The van der Waals surface area contributed by atoms with Crippen molar-refractivity contribution in [2.45, 2.75) is 32.1 Å². The number of benzene rings is 4. The van der Waals surface area contributed by atoms with E-state index in [0.29, 0.717) is 41.8 Å². The van der Waals surface area contributed by atoms with Crippen LogP contribution in [0.1, 0.15) is 73.5 Å². The van der Waals surface area contributed by atoms with Crippen LogP contribution in [0.5, 0.6) is 0 Å². The number of carbonyl (C=O) groups is 4. The van der Waals surface area contributed by atoms with E-state index in [4.69, 9.17) is 0 Å². The Morgan fingerprint density at radius 1 is 0.388 bits per heavy atom. The van der Waals surface area contributed by atoms with Gasteiger partial charge in [0.2, 0.25) is 0 Å². The largest absolute Gasteiger partial charge is 0.317 e. The third-order valence-electron chi connectivity index (χ3n) is 8.85. The third-order valence-corrected chi connectivity index (χ3v) is 8.85. The molecule has 262 valence electrons. The van der Waals surface area contributed by atoms with Crippen molar-refractivity contribution in [1.82, 2.24) is 25.8 Å². The molecule has 0 aromatic heterocycles. The minimum atomic E-state index is -0.205. The molecule has 6 rings (SSSR count). The summed E-state index contributed by atoms with van der Waals surface area (Å²) < 4.78 is 0. The fourth-order valence-corrected chi connectivity index (χ4v) is 6.50. The van der Waals surface area contributed by atoms with Crippen LogP contribution in [0.4, 0.5) is 0 Å². The van der Waals surface area contributed by atoms with Crippen LogP contribution in [0, 0.1) is 0 Å². The van der Waals surface area contributed by atoms with Gasteiger partial charge in [-0.1, -0.05) is 48.5 Å². The Morgan fingerprint density at radius 2 is 0.673 bits per heavy atom. The average molecular weight is 863 g/mol. The summed E-state index contributed by atoms with van der Waals surface area (Å²) in [4.78, 5) is 54.7. The van der Waals surface area contributed by atoms with Gasteiger partial charge in [0.25, 0.3) is 23.6 Å². The highest BCUT2D eigenvalue weighted by atomic mass is 79.9. The molecule has 0 radical (unpaired) electrons. The Kier molecular flexibility index (Phi) is 16.0. The maximum absolute atomic E-state index is 13.0. The van der Waals surface area contributed by atoms with Crippen LogP contribution in [0.15, 0.2) is 72.8 Å². The SMILES string of the molecule is Br.Br.Br.O=C1c2cccc3cccc(c23)C(=O)N1CCCNCCCCNCCCNCCCN1C(=O)c2cccc3cccc(c23)C1=O. The number of imide groups is 2. The summed E-state index contributed by atoms with van der Waals surface area (Å²) in [5.74, 6) is -0.816. The van der Waals surface area contributed by atoms with Crippen molar-refractivity contribution in [3.8, 4) is 0 Å². The molecule has 0 fully saturated rings. The number of nitrogens with zero attached hydrogens (tertiary/aromatic N) is 2. The third kappa shape index (κ3) is 9.03. The van der Waals surface area contributed by atoms with E-state index in [1.54, 1.807) is 12.1 Å². The Morgan fingerprint density at radius 3 is 1.00 bits per heavy atom. The van der Waals surface area contributed by atoms with Gasteiger partial charge in [0, 0.05) is 46.1 Å². The summed E-state index contributed by atoms with van der Waals surface area (Å²) in [7, 11) is 0. The van der Waals surface area contributed by atoms with Crippen LogP contribution in [0.3, 0.4) is 0 Å². The molecule has 2 aliphatic rings. The molecule has 0 bridgehead atoms. The van der Waals surface area contributed by atoms with Gasteiger partial charge in [-0.2, -0.15) is 0 Å². The summed E-state index contributed by atoms with van der Waals surface area (Å²) in [5.41, 5.74) is 2.43. The van der Waals surface area contributed by atoms with Crippen molar-refractivity contribution in [3.05, 3.63) is 95.1 Å². The van der Waals surface area contributed by atoms with E-state index in [1.165, 1.54) is 9.80 Å². The van der Waals surface area contributed by atoms with Gasteiger partial charge in [0.1, 0.15) is 0 Å². The van der Waals surface area contributed by atoms with E-state index in [0.717, 1.165) is 86.5 Å². The molecular weight excluding hydrogens is 818 g/mol. The number of unbranched alkanes of at least 4 members (excludes halogenated alkanes) is 1. The quantitative estimate of drug-likeness (QED) is 0.0841. The molecule has 0 saturated carbocycles. The topological polar surface area (TPSA) is 111 Å². The minimum Gasteiger partial charge on any atom is -0.317 e. The molecule has 4 aromatic carbocycles. The Labute approximate surface area is 318 Å². The predicted octanol–water partition coefficient (Wildman–Crippen LogP) is 6.34. The van der Waals surface area contributed by atoms with Gasteiger partial charge in [-0.3, -0.25) is 29.0 Å². The number of amides is 4.